The first-order valence-corrected chi connectivity index (χ1v) is 8.39. The second kappa shape index (κ2) is 6.76. The highest BCUT2D eigenvalue weighted by molar-refractivity contribution is 5.94. The first-order chi connectivity index (χ1) is 12.3. The molecule has 0 aliphatic heterocycles. The van der Waals surface area contributed by atoms with Gasteiger partial charge >= 0.3 is 0 Å². The number of carbonyl (C=O) groups is 1. The first kappa shape index (κ1) is 15.4. The van der Waals surface area contributed by atoms with Crippen molar-refractivity contribution in [1.29, 1.82) is 0 Å². The molecule has 6 nitrogen and oxygen atoms in total. The number of rotatable bonds is 6. The van der Waals surface area contributed by atoms with Crippen molar-refractivity contribution in [1.82, 2.24) is 20.3 Å². The lowest BCUT2D eigenvalue weighted by Crippen LogP contribution is -2.25. The van der Waals surface area contributed by atoms with E-state index in [1.165, 1.54) is 0 Å². The summed E-state index contributed by atoms with van der Waals surface area (Å²) in [5.41, 5.74) is 3.41. The second-order valence-corrected chi connectivity index (χ2v) is 6.14. The molecule has 1 heterocycles. The Hall–Kier alpha value is -3.15. The highest BCUT2D eigenvalue weighted by Gasteiger charge is 2.23. The van der Waals surface area contributed by atoms with Crippen LogP contribution in [0.2, 0.25) is 0 Å². The molecule has 126 valence electrons. The molecule has 0 saturated heterocycles. The van der Waals surface area contributed by atoms with Crippen LogP contribution in [0, 0.1) is 0 Å². The van der Waals surface area contributed by atoms with Crippen molar-refractivity contribution < 1.29 is 4.79 Å². The Bertz CT molecular complexity index is 853. The van der Waals surface area contributed by atoms with Crippen LogP contribution in [0.3, 0.4) is 0 Å². The van der Waals surface area contributed by atoms with E-state index < -0.39 is 0 Å². The van der Waals surface area contributed by atoms with E-state index in [4.69, 9.17) is 0 Å². The summed E-state index contributed by atoms with van der Waals surface area (Å²) in [4.78, 5) is 13.6. The minimum Gasteiger partial charge on any atom is -0.379 e. The molecule has 1 fully saturated rings. The lowest BCUT2D eigenvalue weighted by molar-refractivity contribution is 0.0951. The maximum absolute atomic E-state index is 12.0. The van der Waals surface area contributed by atoms with Gasteiger partial charge in [-0.2, -0.15) is 15.0 Å². The van der Waals surface area contributed by atoms with E-state index in [9.17, 15) is 4.79 Å². The Morgan fingerprint density at radius 2 is 1.84 bits per heavy atom. The predicted octanol–water partition coefficient (Wildman–Crippen LogP) is 2.77. The van der Waals surface area contributed by atoms with Crippen LogP contribution in [0.25, 0.3) is 5.69 Å². The summed E-state index contributed by atoms with van der Waals surface area (Å²) in [6.07, 6.45) is 3.93. The van der Waals surface area contributed by atoms with Crippen molar-refractivity contribution in [3.05, 3.63) is 72.1 Å². The number of benzene rings is 2. The minimum atomic E-state index is -0.000135. The Morgan fingerprint density at radius 1 is 1.08 bits per heavy atom. The van der Waals surface area contributed by atoms with E-state index in [1.54, 1.807) is 11.0 Å². The summed E-state index contributed by atoms with van der Waals surface area (Å²) in [5, 5.41) is 15.0. The molecule has 2 aromatic carbocycles. The maximum Gasteiger partial charge on any atom is 0.251 e. The third kappa shape index (κ3) is 3.85. The van der Waals surface area contributed by atoms with Gasteiger partial charge in [0.25, 0.3) is 5.91 Å². The quantitative estimate of drug-likeness (QED) is 0.727. The predicted molar refractivity (Wildman–Crippen MR) is 95.6 cm³/mol. The van der Waals surface area contributed by atoms with Crippen LogP contribution in [-0.4, -0.2) is 26.9 Å². The lowest BCUT2D eigenvalue weighted by atomic mass is 10.2. The van der Waals surface area contributed by atoms with Gasteiger partial charge in [0, 0.05) is 17.3 Å². The Morgan fingerprint density at radius 3 is 2.56 bits per heavy atom. The second-order valence-electron chi connectivity index (χ2n) is 6.14. The molecule has 0 radical (unpaired) electrons. The normalized spacial score (nSPS) is 13.4. The van der Waals surface area contributed by atoms with E-state index in [1.807, 2.05) is 54.6 Å². The molecule has 0 unspecified atom stereocenters. The van der Waals surface area contributed by atoms with E-state index in [-0.39, 0.29) is 5.91 Å². The topological polar surface area (TPSA) is 71.8 Å². The van der Waals surface area contributed by atoms with Gasteiger partial charge in [-0.15, -0.1) is 0 Å². The molecule has 0 bridgehead atoms. The highest BCUT2D eigenvalue weighted by Crippen LogP contribution is 2.19. The summed E-state index contributed by atoms with van der Waals surface area (Å²) in [5.74, 6) is -0.000135. The Labute approximate surface area is 145 Å². The number of amides is 1. The van der Waals surface area contributed by atoms with Crippen molar-refractivity contribution in [2.24, 2.45) is 0 Å². The van der Waals surface area contributed by atoms with Gasteiger partial charge in [0.15, 0.2) is 0 Å². The molecule has 1 aromatic heterocycles. The van der Waals surface area contributed by atoms with Crippen LogP contribution >= 0.6 is 0 Å². The van der Waals surface area contributed by atoms with E-state index >= 15 is 0 Å². The molecule has 1 saturated carbocycles. The number of carbonyl (C=O) groups excluding carboxylic acids is 1. The third-order valence-electron chi connectivity index (χ3n) is 4.06. The number of anilines is 1. The van der Waals surface area contributed by atoms with Crippen molar-refractivity contribution in [2.75, 3.05) is 5.32 Å². The molecule has 0 spiro atoms. The molecular formula is C19H19N5O. The van der Waals surface area contributed by atoms with E-state index in [0.29, 0.717) is 18.2 Å². The fourth-order valence-electron chi connectivity index (χ4n) is 2.49. The zero-order valence-electron chi connectivity index (χ0n) is 13.7. The van der Waals surface area contributed by atoms with Gasteiger partial charge in [-0.25, -0.2) is 0 Å². The lowest BCUT2D eigenvalue weighted by Gasteiger charge is -2.06. The smallest absolute Gasteiger partial charge is 0.251 e. The van der Waals surface area contributed by atoms with Crippen LogP contribution in [0.5, 0.6) is 0 Å². The van der Waals surface area contributed by atoms with Crippen LogP contribution in [0.4, 0.5) is 5.69 Å². The SMILES string of the molecule is O=C(NC1CC1)c1ccc(NCc2cnn(-c3ccccc3)n2)cc1. The summed E-state index contributed by atoms with van der Waals surface area (Å²) in [7, 11) is 0. The minimum absolute atomic E-state index is 0.000135. The van der Waals surface area contributed by atoms with Gasteiger partial charge < -0.3 is 10.6 Å². The molecule has 2 N–H and O–H groups in total. The number of hydrogen-bond donors (Lipinski definition) is 2. The van der Waals surface area contributed by atoms with Gasteiger partial charge in [0.05, 0.1) is 18.4 Å². The first-order valence-electron chi connectivity index (χ1n) is 8.39. The summed E-state index contributed by atoms with van der Waals surface area (Å²) < 4.78 is 0. The van der Waals surface area contributed by atoms with E-state index in [0.717, 1.165) is 29.9 Å². The summed E-state index contributed by atoms with van der Waals surface area (Å²) in [6, 6.07) is 17.6. The molecule has 4 rings (SSSR count). The van der Waals surface area contributed by atoms with Gasteiger partial charge in [0.2, 0.25) is 0 Å². The fraction of sp³-hybridized carbons (Fsp3) is 0.211. The van der Waals surface area contributed by atoms with Gasteiger partial charge in [-0.3, -0.25) is 4.79 Å². The van der Waals surface area contributed by atoms with Gasteiger partial charge in [-0.05, 0) is 49.2 Å². The number of nitrogens with one attached hydrogen (secondary N) is 2. The summed E-state index contributed by atoms with van der Waals surface area (Å²) in [6.45, 7) is 0.570. The average Bonchev–Trinajstić information content (AvgIpc) is 3.34. The van der Waals surface area contributed by atoms with Gasteiger partial charge in [-0.1, -0.05) is 18.2 Å². The molecule has 25 heavy (non-hydrogen) atoms. The van der Waals surface area contributed by atoms with Crippen LogP contribution in [0.1, 0.15) is 28.9 Å². The Kier molecular flexibility index (Phi) is 4.16. The number of aromatic nitrogens is 3. The molecule has 1 aliphatic carbocycles. The van der Waals surface area contributed by atoms with E-state index in [2.05, 4.69) is 20.8 Å². The maximum atomic E-state index is 12.0. The molecule has 3 aromatic rings. The molecule has 1 aliphatic rings. The zero-order valence-corrected chi connectivity index (χ0v) is 13.7. The van der Waals surface area contributed by atoms with Crippen LogP contribution in [-0.2, 0) is 6.54 Å². The number of hydrogen-bond acceptors (Lipinski definition) is 4. The number of nitrogens with zero attached hydrogens (tertiary/aromatic N) is 3. The van der Waals surface area contributed by atoms with Crippen LogP contribution in [0.15, 0.2) is 60.8 Å². The van der Waals surface area contributed by atoms with Crippen molar-refractivity contribution in [2.45, 2.75) is 25.4 Å². The largest absolute Gasteiger partial charge is 0.379 e. The standard InChI is InChI=1S/C19H19N5O/c25-19(22-16-10-11-16)14-6-8-15(9-7-14)20-12-17-13-21-24(23-17)18-4-2-1-3-5-18/h1-9,13,16,20H,10-12H2,(H,22,25). The average molecular weight is 333 g/mol. The molecular weight excluding hydrogens is 314 g/mol. The molecule has 0 atom stereocenters. The Balaban J connectivity index is 1.35. The van der Waals surface area contributed by atoms with Crippen molar-refractivity contribution in [3.63, 3.8) is 0 Å². The van der Waals surface area contributed by atoms with Crippen LogP contribution < -0.4 is 10.6 Å². The highest BCUT2D eigenvalue weighted by atomic mass is 16.1. The van der Waals surface area contributed by atoms with Gasteiger partial charge in [0.1, 0.15) is 5.69 Å². The molecule has 6 heteroatoms. The third-order valence-corrected chi connectivity index (χ3v) is 4.06. The molecule has 1 amide bonds. The number of para-hydroxylation sites is 1. The summed E-state index contributed by atoms with van der Waals surface area (Å²) >= 11 is 0. The van der Waals surface area contributed by atoms with Crippen molar-refractivity contribution in [3.8, 4) is 5.69 Å². The monoisotopic (exact) mass is 333 g/mol. The van der Waals surface area contributed by atoms with Crippen molar-refractivity contribution >= 4 is 11.6 Å². The zero-order chi connectivity index (χ0) is 17.1. The fourth-order valence-corrected chi connectivity index (χ4v) is 2.49.